The van der Waals surface area contributed by atoms with Gasteiger partial charge in [0, 0.05) is 0 Å². The minimum absolute atomic E-state index is 0.169. The van der Waals surface area contributed by atoms with Gasteiger partial charge in [0.2, 0.25) is 0 Å². The van der Waals surface area contributed by atoms with Crippen molar-refractivity contribution < 1.29 is 14.6 Å². The van der Waals surface area contributed by atoms with Gasteiger partial charge in [-0.15, -0.1) is 6.42 Å². The van der Waals surface area contributed by atoms with Crippen molar-refractivity contribution in [1.29, 1.82) is 0 Å². The van der Waals surface area contributed by atoms with Gasteiger partial charge in [0.1, 0.15) is 6.61 Å². The smallest absolute Gasteiger partial charge is 0.338 e. The van der Waals surface area contributed by atoms with Crippen LogP contribution in [0.3, 0.4) is 0 Å². The van der Waals surface area contributed by atoms with Gasteiger partial charge >= 0.3 is 5.97 Å². The lowest BCUT2D eigenvalue weighted by Gasteiger charge is -2.28. The maximum absolute atomic E-state index is 12.1. The summed E-state index contributed by atoms with van der Waals surface area (Å²) in [7, 11) is 0. The molecule has 0 aromatic heterocycles. The van der Waals surface area contributed by atoms with Crippen molar-refractivity contribution in [3.63, 3.8) is 0 Å². The highest BCUT2D eigenvalue weighted by Crippen LogP contribution is 2.26. The molecule has 142 valence electrons. The molecule has 0 heterocycles. The summed E-state index contributed by atoms with van der Waals surface area (Å²) in [5.41, 5.74) is 1.48. The molecule has 0 bridgehead atoms. The van der Waals surface area contributed by atoms with Gasteiger partial charge in [0.25, 0.3) is 0 Å². The number of terminal acetylenes is 1. The first-order valence-corrected chi connectivity index (χ1v) is 9.31. The normalized spacial score (nSPS) is 15.2. The molecule has 0 saturated carbocycles. The molecule has 27 heavy (non-hydrogen) atoms. The van der Waals surface area contributed by atoms with Gasteiger partial charge in [0.15, 0.2) is 5.60 Å². The van der Waals surface area contributed by atoms with Crippen molar-refractivity contribution in [3.8, 4) is 12.3 Å². The van der Waals surface area contributed by atoms with Gasteiger partial charge in [0.05, 0.1) is 5.56 Å². The van der Waals surface area contributed by atoms with E-state index < -0.39 is 11.6 Å². The van der Waals surface area contributed by atoms with Crippen LogP contribution in [0.5, 0.6) is 0 Å². The Bertz CT molecular complexity index is 774. The summed E-state index contributed by atoms with van der Waals surface area (Å²) in [6, 6.07) is 17.2. The van der Waals surface area contributed by atoms with Crippen LogP contribution < -0.4 is 0 Å². The summed E-state index contributed by atoms with van der Waals surface area (Å²) in [5.74, 6) is 2.44. The van der Waals surface area contributed by atoms with Gasteiger partial charge in [-0.25, -0.2) is 4.79 Å². The van der Waals surface area contributed by atoms with Crippen molar-refractivity contribution in [3.05, 3.63) is 71.3 Å². The first kappa shape index (κ1) is 20.7. The zero-order valence-corrected chi connectivity index (χ0v) is 16.3. The topological polar surface area (TPSA) is 46.5 Å². The highest BCUT2D eigenvalue weighted by Gasteiger charge is 2.31. The third-order valence-electron chi connectivity index (χ3n) is 5.03. The van der Waals surface area contributed by atoms with E-state index in [4.69, 9.17) is 11.2 Å². The van der Waals surface area contributed by atoms with Crippen LogP contribution in [0.2, 0.25) is 0 Å². The molecular formula is C24H28O3. The number of aliphatic hydroxyl groups is 1. The molecule has 1 N–H and O–H groups in total. The molecule has 0 aliphatic carbocycles. The Labute approximate surface area is 162 Å². The maximum atomic E-state index is 12.1. The first-order chi connectivity index (χ1) is 12.8. The van der Waals surface area contributed by atoms with E-state index in [2.05, 4.69) is 51.0 Å². The number of ether oxygens (including phenoxy) is 1. The number of benzene rings is 2. The van der Waals surface area contributed by atoms with Gasteiger partial charge in [-0.1, -0.05) is 67.8 Å². The van der Waals surface area contributed by atoms with Crippen molar-refractivity contribution in [2.24, 2.45) is 11.8 Å². The Morgan fingerprint density at radius 2 is 1.74 bits per heavy atom. The molecule has 0 aliphatic heterocycles. The summed E-state index contributed by atoms with van der Waals surface area (Å²) in [4.78, 5) is 12.1. The second kappa shape index (κ2) is 9.39. The molecule has 2 aromatic rings. The molecular weight excluding hydrogens is 336 g/mol. The lowest BCUT2D eigenvalue weighted by Crippen LogP contribution is -2.37. The van der Waals surface area contributed by atoms with Crippen LogP contribution >= 0.6 is 0 Å². The molecule has 0 saturated heterocycles. The van der Waals surface area contributed by atoms with E-state index in [-0.39, 0.29) is 12.5 Å². The summed E-state index contributed by atoms with van der Waals surface area (Å²) in [6.45, 7) is 6.08. The lowest BCUT2D eigenvalue weighted by molar-refractivity contribution is -0.0130. The largest absolute Gasteiger partial charge is 0.458 e. The van der Waals surface area contributed by atoms with Crippen LogP contribution in [0.15, 0.2) is 54.6 Å². The Morgan fingerprint density at radius 1 is 1.11 bits per heavy atom. The average molecular weight is 364 g/mol. The quantitative estimate of drug-likeness (QED) is 0.557. The monoisotopic (exact) mass is 364 g/mol. The third-order valence-corrected chi connectivity index (χ3v) is 5.03. The van der Waals surface area contributed by atoms with Crippen LogP contribution in [-0.2, 0) is 11.2 Å². The zero-order valence-electron chi connectivity index (χ0n) is 16.3. The summed E-state index contributed by atoms with van der Waals surface area (Å²) in [6.07, 6.45) is 6.84. The van der Waals surface area contributed by atoms with Crippen molar-refractivity contribution in [2.75, 3.05) is 6.61 Å². The minimum Gasteiger partial charge on any atom is -0.458 e. The van der Waals surface area contributed by atoms with E-state index in [0.717, 1.165) is 6.42 Å². The van der Waals surface area contributed by atoms with E-state index >= 15 is 0 Å². The zero-order chi connectivity index (χ0) is 19.9. The fourth-order valence-corrected chi connectivity index (χ4v) is 3.03. The lowest BCUT2D eigenvalue weighted by atomic mass is 9.82. The molecule has 0 aliphatic rings. The number of carbonyl (C=O) groups excluding carboxylic acids is 1. The third kappa shape index (κ3) is 6.27. The van der Waals surface area contributed by atoms with E-state index in [1.54, 1.807) is 24.3 Å². The van der Waals surface area contributed by atoms with Crippen molar-refractivity contribution in [2.45, 2.75) is 39.2 Å². The van der Waals surface area contributed by atoms with E-state index in [9.17, 15) is 9.90 Å². The SMILES string of the molecule is C#CC(O)(COC(=O)c1ccccc1)CC(C)C(C)Cc1ccc(C)cc1. The van der Waals surface area contributed by atoms with E-state index in [1.165, 1.54) is 11.1 Å². The van der Waals surface area contributed by atoms with Crippen LogP contribution in [0.25, 0.3) is 0 Å². The van der Waals surface area contributed by atoms with Crippen molar-refractivity contribution in [1.82, 2.24) is 0 Å². The Balaban J connectivity index is 1.92. The van der Waals surface area contributed by atoms with Crippen LogP contribution in [0.4, 0.5) is 0 Å². The number of carbonyl (C=O) groups is 1. The van der Waals surface area contributed by atoms with Crippen molar-refractivity contribution >= 4 is 5.97 Å². The van der Waals surface area contributed by atoms with Gasteiger partial charge in [-0.3, -0.25) is 0 Å². The van der Waals surface area contributed by atoms with Gasteiger partial charge in [-0.2, -0.15) is 0 Å². The number of esters is 1. The molecule has 0 fully saturated rings. The van der Waals surface area contributed by atoms with Crippen LogP contribution in [-0.4, -0.2) is 23.3 Å². The summed E-state index contributed by atoms with van der Waals surface area (Å²) < 4.78 is 5.26. The minimum atomic E-state index is -1.47. The summed E-state index contributed by atoms with van der Waals surface area (Å²) in [5, 5.41) is 10.7. The van der Waals surface area contributed by atoms with E-state index in [1.807, 2.05) is 6.07 Å². The first-order valence-electron chi connectivity index (χ1n) is 9.31. The number of hydrogen-bond acceptors (Lipinski definition) is 3. The fraction of sp³-hybridized carbons (Fsp3) is 0.375. The fourth-order valence-electron chi connectivity index (χ4n) is 3.03. The average Bonchev–Trinajstić information content (AvgIpc) is 2.68. The number of rotatable bonds is 8. The number of hydrogen-bond donors (Lipinski definition) is 1. The van der Waals surface area contributed by atoms with Gasteiger partial charge < -0.3 is 9.84 Å². The molecule has 2 aromatic carbocycles. The molecule has 3 unspecified atom stereocenters. The highest BCUT2D eigenvalue weighted by atomic mass is 16.5. The summed E-state index contributed by atoms with van der Waals surface area (Å²) >= 11 is 0. The van der Waals surface area contributed by atoms with E-state index in [0.29, 0.717) is 17.9 Å². The van der Waals surface area contributed by atoms with Crippen LogP contribution in [0, 0.1) is 31.1 Å². The molecule has 0 spiro atoms. The second-order valence-electron chi connectivity index (χ2n) is 7.47. The molecule has 0 amide bonds. The molecule has 2 rings (SSSR count). The van der Waals surface area contributed by atoms with Gasteiger partial charge in [-0.05, 0) is 49.3 Å². The predicted molar refractivity (Wildman–Crippen MR) is 108 cm³/mol. The van der Waals surface area contributed by atoms with Crippen LogP contribution in [0.1, 0.15) is 41.8 Å². The molecule has 3 nitrogen and oxygen atoms in total. The molecule has 0 radical (unpaired) electrons. The second-order valence-corrected chi connectivity index (χ2v) is 7.47. The Hall–Kier alpha value is -2.57. The molecule has 3 heteroatoms. The maximum Gasteiger partial charge on any atom is 0.338 e. The Morgan fingerprint density at radius 3 is 2.33 bits per heavy atom. The standard InChI is InChI=1S/C24H28O3/c1-5-24(26,17-27-23(25)22-9-7-6-8-10-22)16-20(4)19(3)15-21-13-11-18(2)12-14-21/h1,6-14,19-20,26H,15-17H2,2-4H3. The molecule has 3 atom stereocenters. The Kier molecular flexibility index (Phi) is 7.21. The number of aryl methyl sites for hydroxylation is 1. The highest BCUT2D eigenvalue weighted by molar-refractivity contribution is 5.89. The predicted octanol–water partition coefficient (Wildman–Crippen LogP) is 4.42.